The minimum atomic E-state index is 0.806. The van der Waals surface area contributed by atoms with Crippen LogP contribution in [0.15, 0.2) is 5.10 Å². The van der Waals surface area contributed by atoms with E-state index in [1.807, 2.05) is 0 Å². The average Bonchev–Trinajstić information content (AvgIpc) is 1.86. The average molecular weight is 84.1 g/mol. The molecule has 3 nitrogen and oxygen atoms in total. The van der Waals surface area contributed by atoms with Crippen molar-refractivity contribution in [2.24, 2.45) is 5.10 Å². The number of nitrogens with zero attached hydrogens (tertiary/aromatic N) is 2. The Morgan fingerprint density at radius 3 is 3.00 bits per heavy atom. The van der Waals surface area contributed by atoms with Crippen LogP contribution in [0.5, 0.6) is 0 Å². The number of hydrogen-bond acceptors (Lipinski definition) is 2. The van der Waals surface area contributed by atoms with Crippen LogP contribution < -0.4 is 5.53 Å². The Labute approximate surface area is 36.0 Å². The SMILES string of the molecule is C=[N+]1CC=NN1. The molecule has 0 radical (unpaired) electrons. The standard InChI is InChI=1S/C3H6N3/c1-6-3-2-4-5-6/h2,5H,1,3H2/q+1. The van der Waals surface area contributed by atoms with Crippen LogP contribution in [0.4, 0.5) is 0 Å². The number of hydrazine groups is 1. The molecule has 1 aliphatic rings. The van der Waals surface area contributed by atoms with Crippen LogP contribution in [0.1, 0.15) is 0 Å². The first-order valence-corrected chi connectivity index (χ1v) is 1.75. The maximum Gasteiger partial charge on any atom is 0.186 e. The molecule has 6 heavy (non-hydrogen) atoms. The summed E-state index contributed by atoms with van der Waals surface area (Å²) in [6.45, 7) is 4.34. The maximum absolute atomic E-state index is 3.65. The number of rotatable bonds is 0. The third kappa shape index (κ3) is 0.381. The monoisotopic (exact) mass is 84.1 g/mol. The molecule has 1 N–H and O–H groups in total. The second-order valence-corrected chi connectivity index (χ2v) is 1.13. The van der Waals surface area contributed by atoms with E-state index in [1.54, 1.807) is 10.9 Å². The van der Waals surface area contributed by atoms with Crippen molar-refractivity contribution in [2.45, 2.75) is 0 Å². The number of hydrazone groups is 2. The fraction of sp³-hybridized carbons (Fsp3) is 0.333. The molecule has 1 rings (SSSR count). The quantitative estimate of drug-likeness (QED) is 0.382. The van der Waals surface area contributed by atoms with Gasteiger partial charge in [0.2, 0.25) is 0 Å². The largest absolute Gasteiger partial charge is 0.186 e. The molecule has 0 saturated carbocycles. The van der Waals surface area contributed by atoms with Crippen LogP contribution in [-0.2, 0) is 0 Å². The van der Waals surface area contributed by atoms with E-state index in [0.717, 1.165) is 6.54 Å². The van der Waals surface area contributed by atoms with Gasteiger partial charge in [0.05, 0.1) is 6.72 Å². The highest BCUT2D eigenvalue weighted by atomic mass is 15.6. The summed E-state index contributed by atoms with van der Waals surface area (Å²) in [4.78, 5) is 0. The van der Waals surface area contributed by atoms with Gasteiger partial charge in [-0.2, -0.15) is 4.68 Å². The lowest BCUT2D eigenvalue weighted by atomic mass is 10.8. The highest BCUT2D eigenvalue weighted by molar-refractivity contribution is 5.58. The topological polar surface area (TPSA) is 27.4 Å². The first kappa shape index (κ1) is 3.33. The molecular weight excluding hydrogens is 78.1 g/mol. The molecule has 0 aromatic carbocycles. The van der Waals surface area contributed by atoms with Gasteiger partial charge in [0.1, 0.15) is 0 Å². The van der Waals surface area contributed by atoms with Crippen molar-refractivity contribution in [1.82, 2.24) is 5.53 Å². The zero-order valence-electron chi connectivity index (χ0n) is 3.39. The first-order chi connectivity index (χ1) is 2.89. The van der Waals surface area contributed by atoms with Gasteiger partial charge in [0.25, 0.3) is 0 Å². The van der Waals surface area contributed by atoms with E-state index in [1.165, 1.54) is 0 Å². The van der Waals surface area contributed by atoms with Gasteiger partial charge in [-0.25, -0.2) is 0 Å². The van der Waals surface area contributed by atoms with Crippen LogP contribution in [0.3, 0.4) is 0 Å². The predicted octanol–water partition coefficient (Wildman–Crippen LogP) is -0.796. The van der Waals surface area contributed by atoms with E-state index >= 15 is 0 Å². The number of hydrogen-bond donors (Lipinski definition) is 1. The lowest BCUT2D eigenvalue weighted by molar-refractivity contribution is -0.557. The molecular formula is C3H6N3+. The van der Waals surface area contributed by atoms with Crippen molar-refractivity contribution in [3.8, 4) is 0 Å². The van der Waals surface area contributed by atoms with E-state index in [4.69, 9.17) is 0 Å². The molecule has 3 heteroatoms. The smallest absolute Gasteiger partial charge is 0.167 e. The molecule has 1 aliphatic heterocycles. The lowest BCUT2D eigenvalue weighted by Crippen LogP contribution is -2.15. The van der Waals surface area contributed by atoms with Crippen molar-refractivity contribution in [3.05, 3.63) is 0 Å². The van der Waals surface area contributed by atoms with E-state index in [2.05, 4.69) is 17.4 Å². The Bertz CT molecular complexity index is 84.2. The molecule has 0 unspecified atom stereocenters. The predicted molar refractivity (Wildman–Crippen MR) is 23.9 cm³/mol. The molecule has 1 heterocycles. The molecule has 0 spiro atoms. The van der Waals surface area contributed by atoms with Crippen molar-refractivity contribution >= 4 is 12.9 Å². The van der Waals surface area contributed by atoms with E-state index in [9.17, 15) is 0 Å². The van der Waals surface area contributed by atoms with Crippen LogP contribution in [-0.4, -0.2) is 24.2 Å². The van der Waals surface area contributed by atoms with Crippen molar-refractivity contribution in [3.63, 3.8) is 0 Å². The Hall–Kier alpha value is -0.860. The van der Waals surface area contributed by atoms with Gasteiger partial charge < -0.3 is 0 Å². The summed E-state index contributed by atoms with van der Waals surface area (Å²) < 4.78 is 1.64. The lowest BCUT2D eigenvalue weighted by Gasteiger charge is -1.80. The minimum absolute atomic E-state index is 0.806. The summed E-state index contributed by atoms with van der Waals surface area (Å²) in [5, 5.41) is 3.65. The fourth-order valence-corrected chi connectivity index (χ4v) is 0.303. The van der Waals surface area contributed by atoms with Crippen LogP contribution in [0, 0.1) is 0 Å². The van der Waals surface area contributed by atoms with Crippen LogP contribution in [0.25, 0.3) is 0 Å². The van der Waals surface area contributed by atoms with Crippen LogP contribution in [0.2, 0.25) is 0 Å². The summed E-state index contributed by atoms with van der Waals surface area (Å²) in [6.07, 6.45) is 1.76. The van der Waals surface area contributed by atoms with Gasteiger partial charge >= 0.3 is 0 Å². The Balaban J connectivity index is 2.52. The molecule has 0 aromatic rings. The summed E-state index contributed by atoms with van der Waals surface area (Å²) in [5.41, 5.74) is 2.61. The molecule has 0 saturated heterocycles. The summed E-state index contributed by atoms with van der Waals surface area (Å²) in [6, 6.07) is 0. The zero-order valence-corrected chi connectivity index (χ0v) is 3.39. The molecule has 0 aliphatic carbocycles. The van der Waals surface area contributed by atoms with Gasteiger partial charge in [-0.3, -0.25) is 0 Å². The molecule has 0 bridgehead atoms. The van der Waals surface area contributed by atoms with Gasteiger partial charge in [-0.1, -0.05) is 5.53 Å². The van der Waals surface area contributed by atoms with Crippen LogP contribution >= 0.6 is 0 Å². The van der Waals surface area contributed by atoms with E-state index in [-0.39, 0.29) is 0 Å². The Morgan fingerprint density at radius 1 is 2.00 bits per heavy atom. The Kier molecular flexibility index (Phi) is 0.602. The van der Waals surface area contributed by atoms with Crippen molar-refractivity contribution in [1.29, 1.82) is 0 Å². The van der Waals surface area contributed by atoms with Crippen molar-refractivity contribution in [2.75, 3.05) is 6.54 Å². The Morgan fingerprint density at radius 2 is 2.83 bits per heavy atom. The number of nitrogens with one attached hydrogen (secondary N) is 1. The van der Waals surface area contributed by atoms with Crippen molar-refractivity contribution < 1.29 is 4.68 Å². The second-order valence-electron chi connectivity index (χ2n) is 1.13. The highest BCUT2D eigenvalue weighted by Gasteiger charge is 1.99. The van der Waals surface area contributed by atoms with Gasteiger partial charge in [-0.05, 0) is 0 Å². The first-order valence-electron chi connectivity index (χ1n) is 1.75. The van der Waals surface area contributed by atoms with Gasteiger partial charge in [-0.15, -0.1) is 0 Å². The third-order valence-corrected chi connectivity index (χ3v) is 0.592. The highest BCUT2D eigenvalue weighted by Crippen LogP contribution is 1.69. The van der Waals surface area contributed by atoms with Gasteiger partial charge in [0, 0.05) is 5.10 Å². The van der Waals surface area contributed by atoms with E-state index < -0.39 is 0 Å². The summed E-state index contributed by atoms with van der Waals surface area (Å²) in [5.74, 6) is 0. The fourth-order valence-electron chi connectivity index (χ4n) is 0.303. The molecule has 0 aromatic heterocycles. The second kappa shape index (κ2) is 1.08. The normalized spacial score (nSPS) is 18.3. The van der Waals surface area contributed by atoms with E-state index in [0.29, 0.717) is 0 Å². The maximum atomic E-state index is 3.65. The summed E-state index contributed by atoms with van der Waals surface area (Å²) >= 11 is 0. The zero-order chi connectivity index (χ0) is 4.41. The molecule has 0 fully saturated rings. The molecule has 0 amide bonds. The molecule has 0 atom stereocenters. The third-order valence-electron chi connectivity index (χ3n) is 0.592. The minimum Gasteiger partial charge on any atom is -0.167 e. The summed E-state index contributed by atoms with van der Waals surface area (Å²) in [7, 11) is 0. The molecule has 32 valence electrons. The van der Waals surface area contributed by atoms with Gasteiger partial charge in [0.15, 0.2) is 12.8 Å².